The minimum absolute atomic E-state index is 0.000679. The van der Waals surface area contributed by atoms with Gasteiger partial charge < -0.3 is 21.1 Å². The number of amides is 2. The fourth-order valence-electron chi connectivity index (χ4n) is 2.95. The number of hydrogen-bond donors (Lipinski definition) is 4. The zero-order valence-corrected chi connectivity index (χ0v) is 15.6. The van der Waals surface area contributed by atoms with Crippen molar-refractivity contribution in [1.82, 2.24) is 10.6 Å². The molecule has 2 amide bonds. The van der Waals surface area contributed by atoms with Crippen molar-refractivity contribution in [2.45, 2.75) is 57.5 Å². The van der Waals surface area contributed by atoms with Crippen molar-refractivity contribution in [3.63, 3.8) is 0 Å². The van der Waals surface area contributed by atoms with Gasteiger partial charge in [-0.1, -0.05) is 18.2 Å². The maximum absolute atomic E-state index is 12.1. The summed E-state index contributed by atoms with van der Waals surface area (Å²) < 4.78 is 4.95. The molecular weight excluding hydrogens is 348 g/mol. The standard InChI is InChI=1S/C19H28N4O4/c1-2-27-18(26)11-15(12-3-4-12)23-17(25)10-9-16(24)22-14-7-5-13(6-8-14)19(20)21/h5-7,12,14-15H,2-4,8-11H2,1H3,(H3,20,21)(H,22,24)(H,23,25). The maximum atomic E-state index is 12.1. The summed E-state index contributed by atoms with van der Waals surface area (Å²) in [4.78, 5) is 35.8. The summed E-state index contributed by atoms with van der Waals surface area (Å²) in [5.74, 6) is -0.436. The van der Waals surface area contributed by atoms with Crippen molar-refractivity contribution >= 4 is 23.6 Å². The summed E-state index contributed by atoms with van der Waals surface area (Å²) in [6.45, 7) is 2.07. The van der Waals surface area contributed by atoms with Gasteiger partial charge >= 0.3 is 5.97 Å². The Morgan fingerprint density at radius 1 is 1.30 bits per heavy atom. The number of carbonyl (C=O) groups excluding carboxylic acids is 3. The second kappa shape index (κ2) is 9.89. The normalized spacial score (nSPS) is 19.6. The van der Waals surface area contributed by atoms with Gasteiger partial charge in [0, 0.05) is 24.5 Å². The number of rotatable bonds is 10. The average Bonchev–Trinajstić information content (AvgIpc) is 3.45. The lowest BCUT2D eigenvalue weighted by Crippen LogP contribution is -2.39. The van der Waals surface area contributed by atoms with E-state index in [1.807, 2.05) is 0 Å². The molecule has 0 heterocycles. The molecule has 0 aliphatic heterocycles. The Morgan fingerprint density at radius 3 is 2.56 bits per heavy atom. The van der Waals surface area contributed by atoms with E-state index in [1.54, 1.807) is 25.2 Å². The molecule has 8 nitrogen and oxygen atoms in total. The van der Waals surface area contributed by atoms with E-state index in [0.29, 0.717) is 24.5 Å². The number of nitrogens with two attached hydrogens (primary N) is 1. The Labute approximate surface area is 159 Å². The minimum atomic E-state index is -0.311. The summed E-state index contributed by atoms with van der Waals surface area (Å²) in [6.07, 6.45) is 8.18. The van der Waals surface area contributed by atoms with Crippen LogP contribution in [0.4, 0.5) is 0 Å². The molecule has 0 aromatic rings. The Hall–Kier alpha value is -2.64. The molecule has 0 saturated heterocycles. The van der Waals surface area contributed by atoms with Crippen LogP contribution >= 0.6 is 0 Å². The summed E-state index contributed by atoms with van der Waals surface area (Å²) in [6, 6.07) is -0.372. The first-order valence-corrected chi connectivity index (χ1v) is 9.36. The Bertz CT molecular complexity index is 652. The highest BCUT2D eigenvalue weighted by atomic mass is 16.5. The van der Waals surface area contributed by atoms with Crippen molar-refractivity contribution in [3.8, 4) is 0 Å². The van der Waals surface area contributed by atoms with Gasteiger partial charge in [-0.15, -0.1) is 0 Å². The van der Waals surface area contributed by atoms with Crippen LogP contribution in [0, 0.1) is 11.3 Å². The molecule has 27 heavy (non-hydrogen) atoms. The van der Waals surface area contributed by atoms with Gasteiger partial charge in [0.15, 0.2) is 0 Å². The molecule has 1 fully saturated rings. The Kier molecular flexibility index (Phi) is 7.57. The number of ether oxygens (including phenoxy) is 1. The van der Waals surface area contributed by atoms with E-state index in [4.69, 9.17) is 15.9 Å². The molecule has 0 spiro atoms. The van der Waals surface area contributed by atoms with E-state index in [-0.39, 0.29) is 55.0 Å². The van der Waals surface area contributed by atoms with E-state index in [9.17, 15) is 14.4 Å². The molecule has 0 bridgehead atoms. The quantitative estimate of drug-likeness (QED) is 0.255. The van der Waals surface area contributed by atoms with E-state index < -0.39 is 0 Å². The summed E-state index contributed by atoms with van der Waals surface area (Å²) in [7, 11) is 0. The highest BCUT2D eigenvalue weighted by molar-refractivity contribution is 5.97. The van der Waals surface area contributed by atoms with Gasteiger partial charge in [-0.3, -0.25) is 19.8 Å². The van der Waals surface area contributed by atoms with Crippen LogP contribution in [0.3, 0.4) is 0 Å². The molecule has 2 rings (SSSR count). The van der Waals surface area contributed by atoms with Crippen molar-refractivity contribution in [2.75, 3.05) is 6.61 Å². The van der Waals surface area contributed by atoms with Gasteiger partial charge in [0.1, 0.15) is 5.84 Å². The average molecular weight is 376 g/mol. The first-order chi connectivity index (χ1) is 12.9. The number of amidine groups is 1. The third-order valence-electron chi connectivity index (χ3n) is 4.57. The number of hydrogen-bond acceptors (Lipinski definition) is 5. The van der Waals surface area contributed by atoms with Crippen LogP contribution in [0.5, 0.6) is 0 Å². The zero-order valence-electron chi connectivity index (χ0n) is 15.6. The summed E-state index contributed by atoms with van der Waals surface area (Å²) >= 11 is 0. The molecule has 0 radical (unpaired) electrons. The van der Waals surface area contributed by atoms with E-state index in [2.05, 4.69) is 10.6 Å². The topological polar surface area (TPSA) is 134 Å². The minimum Gasteiger partial charge on any atom is -0.466 e. The molecule has 5 N–H and O–H groups in total. The van der Waals surface area contributed by atoms with Crippen molar-refractivity contribution in [2.24, 2.45) is 11.7 Å². The maximum Gasteiger partial charge on any atom is 0.307 e. The van der Waals surface area contributed by atoms with Gasteiger partial charge in [-0.2, -0.15) is 0 Å². The molecule has 1 saturated carbocycles. The van der Waals surface area contributed by atoms with Crippen LogP contribution in [0.2, 0.25) is 0 Å². The third-order valence-corrected chi connectivity index (χ3v) is 4.57. The molecule has 8 heteroatoms. The van der Waals surface area contributed by atoms with E-state index in [0.717, 1.165) is 12.8 Å². The first-order valence-electron chi connectivity index (χ1n) is 9.36. The molecule has 0 aromatic heterocycles. The van der Waals surface area contributed by atoms with Gasteiger partial charge in [-0.05, 0) is 32.1 Å². The summed E-state index contributed by atoms with van der Waals surface area (Å²) in [5.41, 5.74) is 6.06. The van der Waals surface area contributed by atoms with Crippen molar-refractivity contribution in [3.05, 3.63) is 23.8 Å². The predicted octanol–water partition coefficient (Wildman–Crippen LogP) is 0.922. The number of nitrogens with one attached hydrogen (secondary N) is 3. The van der Waals surface area contributed by atoms with Gasteiger partial charge in [0.2, 0.25) is 11.8 Å². The summed E-state index contributed by atoms with van der Waals surface area (Å²) in [5, 5.41) is 13.1. The fraction of sp³-hybridized carbons (Fsp3) is 0.579. The first kappa shape index (κ1) is 20.7. The number of esters is 1. The Morgan fingerprint density at radius 2 is 2.00 bits per heavy atom. The predicted molar refractivity (Wildman–Crippen MR) is 101 cm³/mol. The van der Waals surface area contributed by atoms with Gasteiger partial charge in [0.05, 0.1) is 19.1 Å². The highest BCUT2D eigenvalue weighted by Gasteiger charge is 2.34. The Balaban J connectivity index is 1.70. The molecule has 2 unspecified atom stereocenters. The van der Waals surface area contributed by atoms with Crippen molar-refractivity contribution in [1.29, 1.82) is 5.41 Å². The second-order valence-electron chi connectivity index (χ2n) is 6.86. The molecule has 2 aliphatic rings. The largest absolute Gasteiger partial charge is 0.466 e. The second-order valence-corrected chi connectivity index (χ2v) is 6.86. The van der Waals surface area contributed by atoms with Gasteiger partial charge in [0.25, 0.3) is 0 Å². The molecule has 0 aromatic carbocycles. The van der Waals surface area contributed by atoms with Crippen LogP contribution in [0.25, 0.3) is 0 Å². The van der Waals surface area contributed by atoms with Crippen LogP contribution in [-0.4, -0.2) is 42.3 Å². The lowest BCUT2D eigenvalue weighted by Gasteiger charge is -2.19. The van der Waals surface area contributed by atoms with Crippen LogP contribution in [0.1, 0.15) is 45.4 Å². The number of carbonyl (C=O) groups is 3. The lowest BCUT2D eigenvalue weighted by molar-refractivity contribution is -0.144. The highest BCUT2D eigenvalue weighted by Crippen LogP contribution is 2.34. The van der Waals surface area contributed by atoms with E-state index in [1.165, 1.54) is 0 Å². The molecule has 2 aliphatic carbocycles. The SMILES string of the molecule is CCOC(=O)CC(NC(=O)CCC(=O)NC1C=CC(C(=N)N)=CC1)C1CC1. The van der Waals surface area contributed by atoms with Crippen LogP contribution in [-0.2, 0) is 19.1 Å². The molecule has 148 valence electrons. The molecular formula is C19H28N4O4. The van der Waals surface area contributed by atoms with Crippen LogP contribution in [0.15, 0.2) is 23.8 Å². The monoisotopic (exact) mass is 376 g/mol. The smallest absolute Gasteiger partial charge is 0.307 e. The fourth-order valence-corrected chi connectivity index (χ4v) is 2.95. The van der Waals surface area contributed by atoms with Gasteiger partial charge in [-0.25, -0.2) is 0 Å². The van der Waals surface area contributed by atoms with Crippen molar-refractivity contribution < 1.29 is 19.1 Å². The van der Waals surface area contributed by atoms with E-state index >= 15 is 0 Å². The lowest BCUT2D eigenvalue weighted by atomic mass is 10.0. The third kappa shape index (κ3) is 7.24. The zero-order chi connectivity index (χ0) is 19.8. The van der Waals surface area contributed by atoms with Crippen LogP contribution < -0.4 is 16.4 Å². The molecule has 2 atom stereocenters.